The molecule has 2 amide bonds. The maximum absolute atomic E-state index is 11.0. The Morgan fingerprint density at radius 1 is 1.44 bits per heavy atom. The summed E-state index contributed by atoms with van der Waals surface area (Å²) in [6.07, 6.45) is 1.62. The van der Waals surface area contributed by atoms with Crippen LogP contribution in [0.15, 0.2) is 0 Å². The van der Waals surface area contributed by atoms with Crippen LogP contribution >= 0.6 is 0 Å². The number of carbonyl (C=O) groups excluding carboxylic acids is 1. The average molecular weight is 228 g/mol. The Morgan fingerprint density at radius 3 is 2.75 bits per heavy atom. The molecule has 0 saturated carbocycles. The zero-order valence-corrected chi connectivity index (χ0v) is 9.10. The Labute approximate surface area is 93.3 Å². The monoisotopic (exact) mass is 228 g/mol. The lowest BCUT2D eigenvalue weighted by Crippen LogP contribution is -2.32. The third-order valence-corrected chi connectivity index (χ3v) is 3.10. The Balaban J connectivity index is 1.69. The smallest absolute Gasteiger partial charge is 0.315 e. The second-order valence-electron chi connectivity index (χ2n) is 4.39. The predicted molar refractivity (Wildman–Crippen MR) is 55.1 cm³/mol. The summed E-state index contributed by atoms with van der Waals surface area (Å²) in [6.45, 7) is 1.94. The molecule has 2 saturated heterocycles. The van der Waals surface area contributed by atoms with E-state index in [-0.39, 0.29) is 36.7 Å². The minimum absolute atomic E-state index is 0.0563. The van der Waals surface area contributed by atoms with Gasteiger partial charge in [0.15, 0.2) is 0 Å². The lowest BCUT2D eigenvalue weighted by atomic mass is 10.0. The van der Waals surface area contributed by atoms with Gasteiger partial charge in [-0.1, -0.05) is 0 Å². The van der Waals surface area contributed by atoms with Crippen LogP contribution in [0.2, 0.25) is 0 Å². The summed E-state index contributed by atoms with van der Waals surface area (Å²) in [7, 11) is 0. The third kappa shape index (κ3) is 2.63. The number of aliphatic carboxylic acids is 1. The first-order chi connectivity index (χ1) is 7.56. The molecule has 2 heterocycles. The van der Waals surface area contributed by atoms with Crippen LogP contribution < -0.4 is 10.6 Å². The molecule has 0 aromatic heterocycles. The van der Waals surface area contributed by atoms with Crippen LogP contribution in [-0.4, -0.2) is 41.4 Å². The zero-order valence-electron chi connectivity index (χ0n) is 9.10. The fourth-order valence-corrected chi connectivity index (χ4v) is 2.06. The molecule has 6 nitrogen and oxygen atoms in total. The van der Waals surface area contributed by atoms with E-state index in [0.29, 0.717) is 6.42 Å². The van der Waals surface area contributed by atoms with E-state index in [1.165, 1.54) is 0 Å². The van der Waals surface area contributed by atoms with Crippen LogP contribution in [0.25, 0.3) is 0 Å². The van der Waals surface area contributed by atoms with E-state index in [0.717, 1.165) is 6.42 Å². The van der Waals surface area contributed by atoms with Crippen LogP contribution in [0.5, 0.6) is 0 Å². The van der Waals surface area contributed by atoms with E-state index < -0.39 is 5.97 Å². The molecule has 4 atom stereocenters. The summed E-state index contributed by atoms with van der Waals surface area (Å²) in [5, 5.41) is 14.1. The molecule has 90 valence electrons. The van der Waals surface area contributed by atoms with Gasteiger partial charge in [0.2, 0.25) is 0 Å². The number of urea groups is 1. The highest BCUT2D eigenvalue weighted by Gasteiger charge is 2.42. The van der Waals surface area contributed by atoms with Crippen molar-refractivity contribution in [3.8, 4) is 0 Å². The molecular formula is C10H16N2O4. The fraction of sp³-hybridized carbons (Fsp3) is 0.800. The topological polar surface area (TPSA) is 91.0 Å². The quantitative estimate of drug-likeness (QED) is 0.581. The number of carboxylic acids is 1. The van der Waals surface area contributed by atoms with Gasteiger partial charge in [0, 0.05) is 12.5 Å². The highest BCUT2D eigenvalue weighted by Crippen LogP contribution is 2.31. The first kappa shape index (κ1) is 11.2. The number of hydrogen-bond donors (Lipinski definition) is 3. The van der Waals surface area contributed by atoms with E-state index in [9.17, 15) is 9.59 Å². The van der Waals surface area contributed by atoms with Crippen molar-refractivity contribution in [2.24, 2.45) is 0 Å². The molecule has 0 aromatic carbocycles. The molecule has 2 fully saturated rings. The normalized spacial score (nSPS) is 36.7. The lowest BCUT2D eigenvalue weighted by molar-refractivity contribution is -0.137. The third-order valence-electron chi connectivity index (χ3n) is 3.10. The van der Waals surface area contributed by atoms with Crippen LogP contribution in [0.3, 0.4) is 0 Å². The molecule has 0 bridgehead atoms. The molecule has 2 rings (SSSR count). The van der Waals surface area contributed by atoms with Gasteiger partial charge in [-0.3, -0.25) is 4.79 Å². The summed E-state index contributed by atoms with van der Waals surface area (Å²) in [5.74, 6) is -0.793. The van der Waals surface area contributed by atoms with Crippen LogP contribution in [-0.2, 0) is 9.53 Å². The Morgan fingerprint density at radius 2 is 2.19 bits per heavy atom. The highest BCUT2D eigenvalue weighted by molar-refractivity contribution is 5.77. The summed E-state index contributed by atoms with van der Waals surface area (Å²) in [5.41, 5.74) is 0. The summed E-state index contributed by atoms with van der Waals surface area (Å²) < 4.78 is 5.37. The Bertz CT molecular complexity index is 307. The van der Waals surface area contributed by atoms with Crippen molar-refractivity contribution in [2.45, 2.75) is 50.5 Å². The SMILES string of the molecule is C[C@@H]1NC(=O)N[C@@H]1C[C@@H]1O[C@@H]1CCC(=O)O. The maximum Gasteiger partial charge on any atom is 0.315 e. The Kier molecular flexibility index (Phi) is 3.00. The van der Waals surface area contributed by atoms with Gasteiger partial charge in [-0.2, -0.15) is 0 Å². The van der Waals surface area contributed by atoms with Crippen molar-refractivity contribution >= 4 is 12.0 Å². The second-order valence-corrected chi connectivity index (χ2v) is 4.39. The van der Waals surface area contributed by atoms with E-state index in [1.54, 1.807) is 0 Å². The van der Waals surface area contributed by atoms with Crippen molar-refractivity contribution in [3.63, 3.8) is 0 Å². The molecule has 0 aromatic rings. The van der Waals surface area contributed by atoms with E-state index in [1.807, 2.05) is 6.92 Å². The lowest BCUT2D eigenvalue weighted by Gasteiger charge is -2.11. The van der Waals surface area contributed by atoms with Gasteiger partial charge in [-0.25, -0.2) is 4.79 Å². The molecule has 2 aliphatic rings. The number of amides is 2. The number of carbonyl (C=O) groups is 2. The fourth-order valence-electron chi connectivity index (χ4n) is 2.06. The largest absolute Gasteiger partial charge is 0.481 e. The van der Waals surface area contributed by atoms with Gasteiger partial charge < -0.3 is 20.5 Å². The van der Waals surface area contributed by atoms with Crippen molar-refractivity contribution in [2.75, 3.05) is 0 Å². The average Bonchev–Trinajstić information content (AvgIpc) is 2.84. The van der Waals surface area contributed by atoms with Crippen LogP contribution in [0.4, 0.5) is 4.79 Å². The summed E-state index contributed by atoms with van der Waals surface area (Å²) in [4.78, 5) is 21.4. The number of ether oxygens (including phenoxy) is 1. The van der Waals surface area contributed by atoms with Gasteiger partial charge in [-0.15, -0.1) is 0 Å². The number of rotatable bonds is 5. The van der Waals surface area contributed by atoms with Crippen molar-refractivity contribution in [1.29, 1.82) is 0 Å². The minimum atomic E-state index is -0.793. The molecule has 0 unspecified atom stereocenters. The molecule has 3 N–H and O–H groups in total. The first-order valence-electron chi connectivity index (χ1n) is 5.50. The molecule has 16 heavy (non-hydrogen) atoms. The zero-order chi connectivity index (χ0) is 11.7. The minimum Gasteiger partial charge on any atom is -0.481 e. The predicted octanol–water partition coefficient (Wildman–Crippen LogP) is 0.0786. The van der Waals surface area contributed by atoms with Gasteiger partial charge in [0.05, 0.1) is 18.2 Å². The van der Waals surface area contributed by atoms with Crippen molar-refractivity contribution < 1.29 is 19.4 Å². The number of carboxylic acid groups (broad SMARTS) is 1. The standard InChI is InChI=1S/C10H16N2O4/c1-5-6(12-10(15)11-5)4-8-7(16-8)2-3-9(13)14/h5-8H,2-4H2,1H3,(H,13,14)(H2,11,12,15)/t5-,6+,7+,8-/m0/s1. The molecule has 0 radical (unpaired) electrons. The summed E-state index contributed by atoms with van der Waals surface area (Å²) >= 11 is 0. The van der Waals surface area contributed by atoms with Crippen LogP contribution in [0.1, 0.15) is 26.2 Å². The van der Waals surface area contributed by atoms with Crippen molar-refractivity contribution in [3.05, 3.63) is 0 Å². The molecule has 6 heteroatoms. The van der Waals surface area contributed by atoms with Crippen molar-refractivity contribution in [1.82, 2.24) is 10.6 Å². The molecule has 2 aliphatic heterocycles. The second kappa shape index (κ2) is 4.29. The summed E-state index contributed by atoms with van der Waals surface area (Å²) in [6, 6.07) is 0.0596. The van der Waals surface area contributed by atoms with Gasteiger partial charge in [0.25, 0.3) is 0 Å². The first-order valence-corrected chi connectivity index (χ1v) is 5.50. The van der Waals surface area contributed by atoms with Crippen LogP contribution in [0, 0.1) is 0 Å². The van der Waals surface area contributed by atoms with Gasteiger partial charge >= 0.3 is 12.0 Å². The van der Waals surface area contributed by atoms with E-state index >= 15 is 0 Å². The van der Waals surface area contributed by atoms with Gasteiger partial charge in [-0.05, 0) is 19.8 Å². The highest BCUT2D eigenvalue weighted by atomic mass is 16.6. The van der Waals surface area contributed by atoms with Gasteiger partial charge in [0.1, 0.15) is 0 Å². The number of epoxide rings is 1. The number of hydrogen-bond acceptors (Lipinski definition) is 3. The van der Waals surface area contributed by atoms with E-state index in [4.69, 9.17) is 9.84 Å². The van der Waals surface area contributed by atoms with E-state index in [2.05, 4.69) is 10.6 Å². The number of nitrogens with one attached hydrogen (secondary N) is 2. The molecule has 0 aliphatic carbocycles. The molecular weight excluding hydrogens is 212 g/mol. The molecule has 0 spiro atoms. The Hall–Kier alpha value is -1.30. The maximum atomic E-state index is 11.0.